The van der Waals surface area contributed by atoms with Gasteiger partial charge in [-0.15, -0.1) is 5.10 Å². The Labute approximate surface area is 116 Å². The molecule has 0 aromatic carbocycles. The summed E-state index contributed by atoms with van der Waals surface area (Å²) < 4.78 is 5.21. The van der Waals surface area contributed by atoms with Gasteiger partial charge in [-0.1, -0.05) is 0 Å². The summed E-state index contributed by atoms with van der Waals surface area (Å²) in [5.74, 6) is -0.746. The van der Waals surface area contributed by atoms with Gasteiger partial charge in [-0.05, 0) is 19.4 Å². The van der Waals surface area contributed by atoms with Crippen LogP contribution in [0.4, 0.5) is 5.82 Å². The number of aryl methyl sites for hydroxylation is 1. The molecular weight excluding hydrogens is 260 g/mol. The summed E-state index contributed by atoms with van der Waals surface area (Å²) in [6.45, 7) is 4.25. The van der Waals surface area contributed by atoms with Crippen LogP contribution in [-0.4, -0.2) is 40.0 Å². The van der Waals surface area contributed by atoms with Gasteiger partial charge in [0.15, 0.2) is 5.82 Å². The van der Waals surface area contributed by atoms with Crippen LogP contribution in [0.5, 0.6) is 0 Å². The zero-order valence-electron chi connectivity index (χ0n) is 11.4. The third-order valence-corrected chi connectivity index (χ3v) is 3.68. The maximum atomic E-state index is 11.6. The summed E-state index contributed by atoms with van der Waals surface area (Å²) in [6, 6.07) is 2.06. The van der Waals surface area contributed by atoms with Crippen molar-refractivity contribution in [3.63, 3.8) is 0 Å². The van der Waals surface area contributed by atoms with E-state index in [9.17, 15) is 15.2 Å². The molecule has 1 saturated heterocycles. The molecule has 2 rings (SSSR count). The van der Waals surface area contributed by atoms with Gasteiger partial charge in [-0.25, -0.2) is 4.79 Å². The Morgan fingerprint density at radius 2 is 2.05 bits per heavy atom. The van der Waals surface area contributed by atoms with Gasteiger partial charge in [-0.3, -0.25) is 0 Å². The van der Waals surface area contributed by atoms with Gasteiger partial charge in [0.25, 0.3) is 0 Å². The number of aliphatic carboxylic acids is 1. The lowest BCUT2D eigenvalue weighted by Crippen LogP contribution is -2.51. The molecule has 7 heteroatoms. The highest BCUT2D eigenvalue weighted by Crippen LogP contribution is 2.28. The quantitative estimate of drug-likeness (QED) is 0.848. The van der Waals surface area contributed by atoms with Crippen LogP contribution in [0.2, 0.25) is 0 Å². The SMILES string of the molecule is Cc1nnc(NC2(C(=O)O)CCOCC2)c(C#N)c1C. The smallest absolute Gasteiger partial charge is 0.329 e. The minimum atomic E-state index is -1.15. The third-order valence-electron chi connectivity index (χ3n) is 3.68. The number of carboxylic acid groups (broad SMARTS) is 1. The molecule has 2 heterocycles. The van der Waals surface area contributed by atoms with Crippen molar-refractivity contribution in [2.45, 2.75) is 32.2 Å². The first-order valence-electron chi connectivity index (χ1n) is 6.33. The predicted molar refractivity (Wildman–Crippen MR) is 70.3 cm³/mol. The molecule has 0 atom stereocenters. The number of nitrogens with zero attached hydrogens (tertiary/aromatic N) is 3. The van der Waals surface area contributed by atoms with Crippen LogP contribution in [0.1, 0.15) is 29.7 Å². The fourth-order valence-corrected chi connectivity index (χ4v) is 2.17. The molecule has 0 unspecified atom stereocenters. The Bertz CT molecular complexity index is 574. The van der Waals surface area contributed by atoms with Crippen LogP contribution in [0, 0.1) is 25.2 Å². The van der Waals surface area contributed by atoms with Crippen molar-refractivity contribution in [2.75, 3.05) is 18.5 Å². The standard InChI is InChI=1S/C13H16N4O3/c1-8-9(2)16-17-11(10(8)7-14)15-13(12(18)19)3-5-20-6-4-13/h3-6H2,1-2H3,(H,15,17)(H,18,19). The number of aromatic nitrogens is 2. The highest BCUT2D eigenvalue weighted by Gasteiger charge is 2.41. The summed E-state index contributed by atoms with van der Waals surface area (Å²) in [6.07, 6.45) is 0.642. The van der Waals surface area contributed by atoms with Gasteiger partial charge in [0, 0.05) is 26.1 Å². The normalized spacial score (nSPS) is 17.2. The van der Waals surface area contributed by atoms with Gasteiger partial charge >= 0.3 is 5.97 Å². The molecule has 0 aliphatic carbocycles. The second-order valence-electron chi connectivity index (χ2n) is 4.87. The fourth-order valence-electron chi connectivity index (χ4n) is 2.17. The van der Waals surface area contributed by atoms with Crippen LogP contribution in [0.25, 0.3) is 0 Å². The molecule has 7 nitrogen and oxygen atoms in total. The Morgan fingerprint density at radius 3 is 2.60 bits per heavy atom. The van der Waals surface area contributed by atoms with Crippen LogP contribution in [0.3, 0.4) is 0 Å². The maximum Gasteiger partial charge on any atom is 0.329 e. The second-order valence-corrected chi connectivity index (χ2v) is 4.87. The first-order chi connectivity index (χ1) is 9.50. The predicted octanol–water partition coefficient (Wildman–Crippen LogP) is 1.01. The number of ether oxygens (including phenoxy) is 1. The molecule has 0 bridgehead atoms. The largest absolute Gasteiger partial charge is 0.480 e. The van der Waals surface area contributed by atoms with Crippen molar-refractivity contribution in [2.24, 2.45) is 0 Å². The van der Waals surface area contributed by atoms with E-state index in [4.69, 9.17) is 4.74 Å². The Balaban J connectivity index is 2.40. The average molecular weight is 276 g/mol. The monoisotopic (exact) mass is 276 g/mol. The van der Waals surface area contributed by atoms with Crippen molar-refractivity contribution in [1.29, 1.82) is 5.26 Å². The van der Waals surface area contributed by atoms with E-state index in [0.717, 1.165) is 0 Å². The van der Waals surface area contributed by atoms with Crippen LogP contribution < -0.4 is 5.32 Å². The van der Waals surface area contributed by atoms with E-state index in [1.165, 1.54) is 0 Å². The topological polar surface area (TPSA) is 108 Å². The van der Waals surface area contributed by atoms with E-state index in [-0.39, 0.29) is 5.82 Å². The Hall–Kier alpha value is -2.20. The molecule has 0 saturated carbocycles. The minimum absolute atomic E-state index is 0.222. The lowest BCUT2D eigenvalue weighted by atomic mass is 9.90. The van der Waals surface area contributed by atoms with Crippen molar-refractivity contribution in [3.8, 4) is 6.07 Å². The van der Waals surface area contributed by atoms with Crippen LogP contribution >= 0.6 is 0 Å². The van der Waals surface area contributed by atoms with E-state index >= 15 is 0 Å². The highest BCUT2D eigenvalue weighted by molar-refractivity contribution is 5.83. The third kappa shape index (κ3) is 2.42. The van der Waals surface area contributed by atoms with Gasteiger partial charge in [-0.2, -0.15) is 10.4 Å². The molecule has 2 N–H and O–H groups in total. The van der Waals surface area contributed by atoms with Gasteiger partial charge < -0.3 is 15.2 Å². The van der Waals surface area contributed by atoms with Crippen LogP contribution in [-0.2, 0) is 9.53 Å². The van der Waals surface area contributed by atoms with E-state index in [0.29, 0.717) is 42.9 Å². The van der Waals surface area contributed by atoms with Gasteiger partial charge in [0.2, 0.25) is 0 Å². The highest BCUT2D eigenvalue weighted by atomic mass is 16.5. The van der Waals surface area contributed by atoms with Gasteiger partial charge in [0.1, 0.15) is 17.2 Å². The molecule has 1 fully saturated rings. The molecule has 0 amide bonds. The molecule has 0 spiro atoms. The molecule has 20 heavy (non-hydrogen) atoms. The van der Waals surface area contributed by atoms with E-state index in [1.807, 2.05) is 0 Å². The lowest BCUT2D eigenvalue weighted by molar-refractivity contribution is -0.145. The number of anilines is 1. The number of rotatable bonds is 3. The Kier molecular flexibility index (Phi) is 3.86. The minimum Gasteiger partial charge on any atom is -0.480 e. The molecule has 1 aromatic heterocycles. The summed E-state index contributed by atoms with van der Waals surface area (Å²) in [5, 5.41) is 29.5. The number of nitrogens with one attached hydrogen (secondary N) is 1. The molecule has 0 radical (unpaired) electrons. The maximum absolute atomic E-state index is 11.6. The van der Waals surface area contributed by atoms with Gasteiger partial charge in [0.05, 0.1) is 5.69 Å². The first-order valence-corrected chi connectivity index (χ1v) is 6.33. The summed E-state index contributed by atoms with van der Waals surface area (Å²) in [7, 11) is 0. The zero-order chi connectivity index (χ0) is 14.8. The summed E-state index contributed by atoms with van der Waals surface area (Å²) in [5.41, 5.74) is 0.547. The van der Waals surface area contributed by atoms with Crippen molar-refractivity contribution in [1.82, 2.24) is 10.2 Å². The zero-order valence-corrected chi connectivity index (χ0v) is 11.4. The van der Waals surface area contributed by atoms with E-state index in [1.54, 1.807) is 13.8 Å². The average Bonchev–Trinajstić information content (AvgIpc) is 2.44. The summed E-state index contributed by atoms with van der Waals surface area (Å²) >= 11 is 0. The van der Waals surface area contributed by atoms with E-state index in [2.05, 4.69) is 21.6 Å². The number of carbonyl (C=O) groups is 1. The molecule has 1 aliphatic rings. The van der Waals surface area contributed by atoms with E-state index < -0.39 is 11.5 Å². The number of carboxylic acids is 1. The molecular formula is C13H16N4O3. The van der Waals surface area contributed by atoms with Crippen molar-refractivity contribution < 1.29 is 14.6 Å². The number of nitriles is 1. The Morgan fingerprint density at radius 1 is 1.40 bits per heavy atom. The number of hydrogen-bond donors (Lipinski definition) is 2. The molecule has 106 valence electrons. The molecule has 1 aromatic rings. The van der Waals surface area contributed by atoms with Crippen molar-refractivity contribution in [3.05, 3.63) is 16.8 Å². The number of hydrogen-bond acceptors (Lipinski definition) is 6. The first kappa shape index (κ1) is 14.2. The van der Waals surface area contributed by atoms with Crippen LogP contribution in [0.15, 0.2) is 0 Å². The molecule has 1 aliphatic heterocycles. The van der Waals surface area contributed by atoms with Crippen molar-refractivity contribution >= 4 is 11.8 Å². The second kappa shape index (κ2) is 5.43. The fraction of sp³-hybridized carbons (Fsp3) is 0.538. The lowest BCUT2D eigenvalue weighted by Gasteiger charge is -2.34. The summed E-state index contributed by atoms with van der Waals surface area (Å²) in [4.78, 5) is 11.6.